The lowest BCUT2D eigenvalue weighted by molar-refractivity contribution is 0.457. The lowest BCUT2D eigenvalue weighted by atomic mass is 10.2. The summed E-state index contributed by atoms with van der Waals surface area (Å²) in [5.41, 5.74) is 2.93. The van der Waals surface area contributed by atoms with Gasteiger partial charge in [-0.05, 0) is 44.5 Å². The molecule has 1 aromatic heterocycles. The highest BCUT2D eigenvalue weighted by Gasteiger charge is 2.03. The zero-order valence-corrected chi connectivity index (χ0v) is 11.6. The minimum Gasteiger partial charge on any atom is -0.437 e. The third kappa shape index (κ3) is 2.82. The predicted octanol–water partition coefficient (Wildman–Crippen LogP) is 3.96. The van der Waals surface area contributed by atoms with E-state index in [2.05, 4.69) is 25.9 Å². The number of benzene rings is 1. The first-order valence-electron chi connectivity index (χ1n) is 5.30. The molecule has 0 aliphatic heterocycles. The molecule has 0 N–H and O–H groups in total. The number of ether oxygens (including phenoxy) is 1. The zero-order valence-electron chi connectivity index (χ0n) is 9.99. The fourth-order valence-corrected chi connectivity index (χ4v) is 1.62. The van der Waals surface area contributed by atoms with Crippen molar-refractivity contribution >= 4 is 15.9 Å². The molecular weight excluding hydrogens is 280 g/mol. The van der Waals surface area contributed by atoms with Crippen LogP contribution in [0.5, 0.6) is 11.6 Å². The van der Waals surface area contributed by atoms with Gasteiger partial charge in [-0.3, -0.25) is 4.98 Å². The van der Waals surface area contributed by atoms with Crippen LogP contribution < -0.4 is 4.74 Å². The van der Waals surface area contributed by atoms with E-state index in [1.54, 1.807) is 6.20 Å². The number of aromatic nitrogens is 2. The molecule has 0 aliphatic carbocycles. The van der Waals surface area contributed by atoms with E-state index in [-0.39, 0.29) is 0 Å². The first kappa shape index (κ1) is 12.0. The number of hydrogen-bond donors (Lipinski definition) is 0. The van der Waals surface area contributed by atoms with E-state index in [4.69, 9.17) is 4.74 Å². The highest BCUT2D eigenvalue weighted by atomic mass is 79.9. The number of nitrogens with zero attached hydrogens (tertiary/aromatic N) is 2. The van der Waals surface area contributed by atoms with Gasteiger partial charge in [-0.1, -0.05) is 15.9 Å². The first-order valence-corrected chi connectivity index (χ1v) is 6.10. The summed E-state index contributed by atoms with van der Waals surface area (Å²) >= 11 is 3.45. The molecule has 4 heteroatoms. The molecule has 1 aromatic carbocycles. The van der Waals surface area contributed by atoms with Crippen LogP contribution in [-0.2, 0) is 0 Å². The summed E-state index contributed by atoms with van der Waals surface area (Å²) < 4.78 is 6.72. The zero-order chi connectivity index (χ0) is 12.4. The summed E-state index contributed by atoms with van der Waals surface area (Å²) in [5.74, 6) is 1.29. The first-order chi connectivity index (χ1) is 8.06. The van der Waals surface area contributed by atoms with Gasteiger partial charge in [-0.25, -0.2) is 4.98 Å². The van der Waals surface area contributed by atoms with Crippen LogP contribution in [-0.4, -0.2) is 9.97 Å². The molecule has 88 valence electrons. The van der Waals surface area contributed by atoms with Gasteiger partial charge >= 0.3 is 0 Å². The number of halogens is 1. The largest absolute Gasteiger partial charge is 0.437 e. The van der Waals surface area contributed by atoms with Crippen molar-refractivity contribution in [2.75, 3.05) is 0 Å². The van der Waals surface area contributed by atoms with Gasteiger partial charge in [-0.15, -0.1) is 0 Å². The molecular formula is C13H13BrN2O. The average Bonchev–Trinajstić information content (AvgIpc) is 2.29. The van der Waals surface area contributed by atoms with E-state index in [0.717, 1.165) is 27.2 Å². The van der Waals surface area contributed by atoms with Gasteiger partial charge in [-0.2, -0.15) is 0 Å². The summed E-state index contributed by atoms with van der Waals surface area (Å²) in [4.78, 5) is 8.54. The highest BCUT2D eigenvalue weighted by molar-refractivity contribution is 9.10. The van der Waals surface area contributed by atoms with Crippen LogP contribution in [0.1, 0.15) is 17.0 Å². The van der Waals surface area contributed by atoms with E-state index in [1.807, 2.05) is 39.0 Å². The van der Waals surface area contributed by atoms with Crippen LogP contribution in [0.25, 0.3) is 0 Å². The lowest BCUT2D eigenvalue weighted by Gasteiger charge is -2.07. The number of rotatable bonds is 2. The Balaban J connectivity index is 2.25. The Morgan fingerprint density at radius 1 is 1.12 bits per heavy atom. The summed E-state index contributed by atoms with van der Waals surface area (Å²) in [6.45, 7) is 5.86. The van der Waals surface area contributed by atoms with Crippen LogP contribution in [0.2, 0.25) is 0 Å². The molecule has 0 spiro atoms. The quantitative estimate of drug-likeness (QED) is 0.840. The molecule has 0 unspecified atom stereocenters. The van der Waals surface area contributed by atoms with Gasteiger partial charge in [0, 0.05) is 4.47 Å². The van der Waals surface area contributed by atoms with Crippen molar-refractivity contribution < 1.29 is 4.74 Å². The lowest BCUT2D eigenvalue weighted by Crippen LogP contribution is -1.95. The Hall–Kier alpha value is -1.42. The molecule has 0 saturated carbocycles. The second-order valence-corrected chi connectivity index (χ2v) is 4.75. The molecule has 0 saturated heterocycles. The molecule has 0 radical (unpaired) electrons. The minimum atomic E-state index is 0.523. The maximum Gasteiger partial charge on any atom is 0.238 e. The average molecular weight is 293 g/mol. The van der Waals surface area contributed by atoms with E-state index in [0.29, 0.717) is 5.88 Å². The summed E-state index contributed by atoms with van der Waals surface area (Å²) in [7, 11) is 0. The van der Waals surface area contributed by atoms with Gasteiger partial charge in [0.1, 0.15) is 5.75 Å². The summed E-state index contributed by atoms with van der Waals surface area (Å²) in [6.07, 6.45) is 1.64. The SMILES string of the molecule is Cc1cc(Oc2cnc(C)c(C)n2)ccc1Br. The second-order valence-electron chi connectivity index (χ2n) is 3.89. The standard InChI is InChI=1S/C13H13BrN2O/c1-8-6-11(4-5-12(8)14)17-13-7-15-9(2)10(3)16-13/h4-7H,1-3H3. The molecule has 2 rings (SSSR count). The Labute approximate surface area is 109 Å². The van der Waals surface area contributed by atoms with Gasteiger partial charge in [0.05, 0.1) is 17.6 Å². The van der Waals surface area contributed by atoms with Gasteiger partial charge in [0.25, 0.3) is 0 Å². The normalized spacial score (nSPS) is 10.4. The minimum absolute atomic E-state index is 0.523. The molecule has 0 aliphatic rings. The third-order valence-corrected chi connectivity index (χ3v) is 3.41. The van der Waals surface area contributed by atoms with Crippen molar-refractivity contribution in [1.29, 1.82) is 0 Å². The topological polar surface area (TPSA) is 35.0 Å². The Morgan fingerprint density at radius 2 is 1.88 bits per heavy atom. The maximum absolute atomic E-state index is 5.66. The molecule has 0 amide bonds. The van der Waals surface area contributed by atoms with Crippen molar-refractivity contribution in [2.24, 2.45) is 0 Å². The van der Waals surface area contributed by atoms with Crippen molar-refractivity contribution in [3.8, 4) is 11.6 Å². The molecule has 0 fully saturated rings. The van der Waals surface area contributed by atoms with Gasteiger partial charge in [0.15, 0.2) is 0 Å². The van der Waals surface area contributed by atoms with Crippen LogP contribution in [0.4, 0.5) is 0 Å². The Kier molecular flexibility index (Phi) is 3.43. The molecule has 0 atom stereocenters. The molecule has 1 heterocycles. The van der Waals surface area contributed by atoms with Gasteiger partial charge in [0.2, 0.25) is 5.88 Å². The fourth-order valence-electron chi connectivity index (χ4n) is 1.37. The molecule has 0 bridgehead atoms. The smallest absolute Gasteiger partial charge is 0.238 e. The maximum atomic E-state index is 5.66. The Bertz CT molecular complexity index is 506. The van der Waals surface area contributed by atoms with Crippen molar-refractivity contribution in [3.05, 3.63) is 45.8 Å². The highest BCUT2D eigenvalue weighted by Crippen LogP contribution is 2.25. The van der Waals surface area contributed by atoms with E-state index in [1.165, 1.54) is 0 Å². The second kappa shape index (κ2) is 4.84. The molecule has 2 aromatic rings. The predicted molar refractivity (Wildman–Crippen MR) is 70.5 cm³/mol. The van der Waals surface area contributed by atoms with Crippen LogP contribution in [0.3, 0.4) is 0 Å². The monoisotopic (exact) mass is 292 g/mol. The summed E-state index contributed by atoms with van der Waals surface area (Å²) in [5, 5.41) is 0. The number of aryl methyl sites for hydroxylation is 3. The Morgan fingerprint density at radius 3 is 2.53 bits per heavy atom. The van der Waals surface area contributed by atoms with E-state index >= 15 is 0 Å². The van der Waals surface area contributed by atoms with E-state index < -0.39 is 0 Å². The van der Waals surface area contributed by atoms with Crippen molar-refractivity contribution in [1.82, 2.24) is 9.97 Å². The van der Waals surface area contributed by atoms with Gasteiger partial charge < -0.3 is 4.74 Å². The van der Waals surface area contributed by atoms with Crippen molar-refractivity contribution in [3.63, 3.8) is 0 Å². The third-order valence-electron chi connectivity index (χ3n) is 2.52. The molecule has 3 nitrogen and oxygen atoms in total. The van der Waals surface area contributed by atoms with Crippen molar-refractivity contribution in [2.45, 2.75) is 20.8 Å². The number of hydrogen-bond acceptors (Lipinski definition) is 3. The van der Waals surface area contributed by atoms with Crippen LogP contribution in [0.15, 0.2) is 28.9 Å². The summed E-state index contributed by atoms with van der Waals surface area (Å²) in [6, 6.07) is 5.81. The van der Waals surface area contributed by atoms with Crippen LogP contribution in [0, 0.1) is 20.8 Å². The fraction of sp³-hybridized carbons (Fsp3) is 0.231. The van der Waals surface area contributed by atoms with Crippen LogP contribution >= 0.6 is 15.9 Å². The molecule has 17 heavy (non-hydrogen) atoms. The van der Waals surface area contributed by atoms with E-state index in [9.17, 15) is 0 Å².